The van der Waals surface area contributed by atoms with E-state index in [0.29, 0.717) is 17.6 Å². The van der Waals surface area contributed by atoms with Crippen LogP contribution in [0.25, 0.3) is 0 Å². The molecule has 1 aromatic carbocycles. The minimum Gasteiger partial charge on any atom is -0.269 e. The molecule has 0 aliphatic carbocycles. The second kappa shape index (κ2) is 6.98. The summed E-state index contributed by atoms with van der Waals surface area (Å²) in [4.78, 5) is 21.6. The number of allylic oxidation sites excluding steroid dienone is 1. The van der Waals surface area contributed by atoms with E-state index in [0.717, 1.165) is 0 Å². The molecule has 0 bridgehead atoms. The van der Waals surface area contributed by atoms with Crippen LogP contribution in [0.4, 0.5) is 5.69 Å². The first-order valence-corrected chi connectivity index (χ1v) is 7.85. The Morgan fingerprint density at radius 3 is 2.38 bits per heavy atom. The van der Waals surface area contributed by atoms with E-state index in [9.17, 15) is 23.3 Å². The van der Waals surface area contributed by atoms with Gasteiger partial charge in [-0.25, -0.2) is 13.1 Å². The second-order valence-electron chi connectivity index (χ2n) is 4.41. The Balaban J connectivity index is 2.79. The summed E-state index contributed by atoms with van der Waals surface area (Å²) in [6.07, 6.45) is 2.25. The van der Waals surface area contributed by atoms with Gasteiger partial charge in [0, 0.05) is 17.7 Å². The maximum atomic E-state index is 11.8. The molecular formula is C13H16N2O5S. The zero-order valence-electron chi connectivity index (χ0n) is 11.7. The van der Waals surface area contributed by atoms with Crippen LogP contribution in [0, 0.1) is 10.1 Å². The predicted molar refractivity (Wildman–Crippen MR) is 77.9 cm³/mol. The molecular weight excluding hydrogens is 296 g/mol. The lowest BCUT2D eigenvalue weighted by Crippen LogP contribution is -2.32. The van der Waals surface area contributed by atoms with E-state index in [-0.39, 0.29) is 5.69 Å². The van der Waals surface area contributed by atoms with Gasteiger partial charge in [0.2, 0.25) is 10.0 Å². The van der Waals surface area contributed by atoms with Gasteiger partial charge in [0.1, 0.15) is 0 Å². The molecule has 114 valence electrons. The van der Waals surface area contributed by atoms with E-state index in [1.54, 1.807) is 6.08 Å². The first-order chi connectivity index (χ1) is 9.75. The number of sulfonamides is 1. The molecule has 0 aromatic heterocycles. The summed E-state index contributed by atoms with van der Waals surface area (Å²) in [6, 6.07) is 5.12. The van der Waals surface area contributed by atoms with Crippen LogP contribution in [0.15, 0.2) is 35.9 Å². The highest BCUT2D eigenvalue weighted by molar-refractivity contribution is 7.89. The number of nitro groups is 1. The summed E-state index contributed by atoms with van der Waals surface area (Å²) < 4.78 is 25.6. The molecule has 21 heavy (non-hydrogen) atoms. The fourth-order valence-corrected chi connectivity index (χ4v) is 2.74. The van der Waals surface area contributed by atoms with Gasteiger partial charge in [0.25, 0.3) is 11.6 Å². The molecule has 1 aromatic rings. The molecule has 0 unspecified atom stereocenters. The number of rotatable bonds is 6. The van der Waals surface area contributed by atoms with E-state index in [1.165, 1.54) is 31.2 Å². The van der Waals surface area contributed by atoms with Gasteiger partial charge >= 0.3 is 0 Å². The van der Waals surface area contributed by atoms with Crippen molar-refractivity contribution < 1.29 is 18.1 Å². The van der Waals surface area contributed by atoms with Gasteiger partial charge in [-0.2, -0.15) is 0 Å². The quantitative estimate of drug-likeness (QED) is 0.490. The smallest absolute Gasteiger partial charge is 0.269 e. The van der Waals surface area contributed by atoms with E-state index in [2.05, 4.69) is 0 Å². The third-order valence-electron chi connectivity index (χ3n) is 2.62. The molecule has 0 fully saturated rings. The van der Waals surface area contributed by atoms with E-state index in [4.69, 9.17) is 0 Å². The van der Waals surface area contributed by atoms with Crippen molar-refractivity contribution >= 4 is 21.6 Å². The minimum absolute atomic E-state index is 0.123. The molecule has 0 atom stereocenters. The fraction of sp³-hybridized carbons (Fsp3) is 0.308. The average Bonchev–Trinajstić information content (AvgIpc) is 2.38. The molecule has 0 heterocycles. The van der Waals surface area contributed by atoms with Crippen LogP contribution in [-0.2, 0) is 20.6 Å². The molecule has 7 nitrogen and oxygen atoms in total. The molecule has 0 spiro atoms. The molecule has 8 heteroatoms. The van der Waals surface area contributed by atoms with Crippen molar-refractivity contribution in [3.05, 3.63) is 51.6 Å². The number of amides is 1. The van der Waals surface area contributed by atoms with Crippen molar-refractivity contribution in [2.24, 2.45) is 0 Å². The standard InChI is InChI=1S/C13H16N2O5S/c1-3-4-10(2)13(16)14-21(19,20)9-11-5-7-12(8-6-11)15(17)18/h4-8H,3,9H2,1-2H3,(H,14,16)/b10-4-. The zero-order valence-corrected chi connectivity index (χ0v) is 12.5. The summed E-state index contributed by atoms with van der Waals surface area (Å²) in [5.74, 6) is -1.09. The summed E-state index contributed by atoms with van der Waals surface area (Å²) in [5.41, 5.74) is 0.560. The maximum Gasteiger partial charge on any atom is 0.269 e. The normalized spacial score (nSPS) is 12.0. The lowest BCUT2D eigenvalue weighted by atomic mass is 10.2. The lowest BCUT2D eigenvalue weighted by molar-refractivity contribution is -0.384. The highest BCUT2D eigenvalue weighted by Gasteiger charge is 2.17. The highest BCUT2D eigenvalue weighted by Crippen LogP contribution is 2.13. The van der Waals surface area contributed by atoms with Gasteiger partial charge in [-0.05, 0) is 18.9 Å². The second-order valence-corrected chi connectivity index (χ2v) is 6.13. The number of hydrogen-bond acceptors (Lipinski definition) is 5. The predicted octanol–water partition coefficient (Wildman–Crippen LogP) is 1.90. The Bertz CT molecular complexity index is 662. The topological polar surface area (TPSA) is 106 Å². The number of carbonyl (C=O) groups excluding carboxylic acids is 1. The van der Waals surface area contributed by atoms with Crippen molar-refractivity contribution in [3.8, 4) is 0 Å². The zero-order chi connectivity index (χ0) is 16.0. The van der Waals surface area contributed by atoms with Crippen LogP contribution >= 0.6 is 0 Å². The molecule has 0 saturated heterocycles. The average molecular weight is 312 g/mol. The largest absolute Gasteiger partial charge is 0.269 e. The van der Waals surface area contributed by atoms with Crippen LogP contribution in [-0.4, -0.2) is 19.2 Å². The van der Waals surface area contributed by atoms with Crippen LogP contribution in [0.3, 0.4) is 0 Å². The van der Waals surface area contributed by atoms with Gasteiger partial charge in [0.05, 0.1) is 10.7 Å². The first kappa shape index (κ1) is 16.8. The third-order valence-corrected chi connectivity index (χ3v) is 3.83. The van der Waals surface area contributed by atoms with Gasteiger partial charge in [0.15, 0.2) is 0 Å². The van der Waals surface area contributed by atoms with Crippen molar-refractivity contribution in [1.29, 1.82) is 0 Å². The lowest BCUT2D eigenvalue weighted by Gasteiger charge is -2.07. The summed E-state index contributed by atoms with van der Waals surface area (Å²) >= 11 is 0. The van der Waals surface area contributed by atoms with Gasteiger partial charge in [-0.15, -0.1) is 0 Å². The number of nitro benzene ring substituents is 1. The Labute approximate surface area is 122 Å². The Morgan fingerprint density at radius 2 is 1.90 bits per heavy atom. The van der Waals surface area contributed by atoms with E-state index >= 15 is 0 Å². The number of nitrogens with zero attached hydrogens (tertiary/aromatic N) is 1. The molecule has 1 rings (SSSR count). The van der Waals surface area contributed by atoms with E-state index < -0.39 is 26.6 Å². The number of hydrogen-bond donors (Lipinski definition) is 1. The van der Waals surface area contributed by atoms with Gasteiger partial charge in [-0.3, -0.25) is 14.9 Å². The SMILES string of the molecule is CC/C=C(/C)C(=O)NS(=O)(=O)Cc1ccc([N+](=O)[O-])cc1. The fourth-order valence-electron chi connectivity index (χ4n) is 1.59. The molecule has 1 amide bonds. The van der Waals surface area contributed by atoms with Gasteiger partial charge < -0.3 is 0 Å². The monoisotopic (exact) mass is 312 g/mol. The molecule has 0 aliphatic heterocycles. The summed E-state index contributed by atoms with van der Waals surface area (Å²) in [5, 5.41) is 10.5. The number of benzene rings is 1. The molecule has 1 N–H and O–H groups in total. The van der Waals surface area contributed by atoms with Crippen LogP contribution < -0.4 is 4.72 Å². The Hall–Kier alpha value is -2.22. The Kier molecular flexibility index (Phi) is 5.60. The Morgan fingerprint density at radius 1 is 1.33 bits per heavy atom. The first-order valence-electron chi connectivity index (χ1n) is 6.20. The summed E-state index contributed by atoms with van der Waals surface area (Å²) in [7, 11) is -3.84. The molecule has 0 radical (unpaired) electrons. The number of carbonyl (C=O) groups is 1. The van der Waals surface area contributed by atoms with Gasteiger partial charge in [-0.1, -0.05) is 25.1 Å². The third kappa shape index (κ3) is 5.35. The molecule has 0 aliphatic rings. The summed E-state index contributed by atoms with van der Waals surface area (Å²) in [6.45, 7) is 3.36. The molecule has 0 saturated carbocycles. The highest BCUT2D eigenvalue weighted by atomic mass is 32.2. The van der Waals surface area contributed by atoms with E-state index in [1.807, 2.05) is 11.6 Å². The van der Waals surface area contributed by atoms with Crippen molar-refractivity contribution in [1.82, 2.24) is 4.72 Å². The van der Waals surface area contributed by atoms with Crippen LogP contribution in [0.5, 0.6) is 0 Å². The minimum atomic E-state index is -3.84. The number of non-ortho nitro benzene ring substituents is 1. The van der Waals surface area contributed by atoms with Crippen molar-refractivity contribution in [3.63, 3.8) is 0 Å². The van der Waals surface area contributed by atoms with Crippen molar-refractivity contribution in [2.75, 3.05) is 0 Å². The van der Waals surface area contributed by atoms with Crippen LogP contribution in [0.2, 0.25) is 0 Å². The van der Waals surface area contributed by atoms with Crippen molar-refractivity contribution in [2.45, 2.75) is 26.0 Å². The van der Waals surface area contributed by atoms with Crippen LogP contribution in [0.1, 0.15) is 25.8 Å². The number of nitrogens with one attached hydrogen (secondary N) is 1. The maximum absolute atomic E-state index is 11.8.